The van der Waals surface area contributed by atoms with E-state index < -0.39 is 39.4 Å². The predicted octanol–water partition coefficient (Wildman–Crippen LogP) is 1.86. The molecule has 1 aromatic rings. The number of halogens is 2. The summed E-state index contributed by atoms with van der Waals surface area (Å²) < 4.78 is 12.7. The van der Waals surface area contributed by atoms with Gasteiger partial charge in [0.1, 0.15) is 17.1 Å². The highest BCUT2D eigenvalue weighted by molar-refractivity contribution is 6.31. The molecule has 0 aliphatic rings. The van der Waals surface area contributed by atoms with Crippen LogP contribution in [0.3, 0.4) is 0 Å². The van der Waals surface area contributed by atoms with Crippen LogP contribution in [0.5, 0.6) is 5.75 Å². The van der Waals surface area contributed by atoms with Crippen LogP contribution in [0.1, 0.15) is 10.4 Å². The van der Waals surface area contributed by atoms with E-state index in [1.807, 2.05) is 0 Å². The predicted molar refractivity (Wildman–Crippen MR) is 49.8 cm³/mol. The van der Waals surface area contributed by atoms with E-state index in [1.54, 1.807) is 0 Å². The van der Waals surface area contributed by atoms with Crippen molar-refractivity contribution in [1.29, 1.82) is 0 Å². The molecule has 0 radical (unpaired) electrons. The lowest BCUT2D eigenvalue weighted by Gasteiger charge is -2.02. The quantitative estimate of drug-likeness (QED) is 0.374. The van der Waals surface area contributed by atoms with E-state index in [0.29, 0.717) is 12.1 Å². The number of aromatic hydroxyl groups is 1. The number of nitro benzene ring substituents is 1. The number of phenols is 1. The van der Waals surface area contributed by atoms with Crippen molar-refractivity contribution in [3.8, 4) is 5.75 Å². The number of phenolic OH excluding ortho intramolecular Hbond substituents is 1. The van der Waals surface area contributed by atoms with Crippen molar-refractivity contribution in [1.82, 2.24) is 0 Å². The molecule has 0 bridgehead atoms. The Morgan fingerprint density at radius 3 is 2.67 bits per heavy atom. The van der Waals surface area contributed by atoms with Crippen molar-refractivity contribution >= 4 is 23.1 Å². The lowest BCUT2D eigenvalue weighted by molar-refractivity contribution is -0.385. The Morgan fingerprint density at radius 1 is 1.60 bits per heavy atom. The van der Waals surface area contributed by atoms with Crippen molar-refractivity contribution in [3.63, 3.8) is 0 Å². The largest absolute Gasteiger partial charge is 0.507 e. The fourth-order valence-corrected chi connectivity index (χ4v) is 1.21. The van der Waals surface area contributed by atoms with Crippen LogP contribution in [-0.4, -0.2) is 21.7 Å². The number of alkyl halides is 1. The Kier molecular flexibility index (Phi) is 3.21. The van der Waals surface area contributed by atoms with Crippen LogP contribution in [-0.2, 0) is 0 Å². The van der Waals surface area contributed by atoms with E-state index in [9.17, 15) is 24.4 Å². The summed E-state index contributed by atoms with van der Waals surface area (Å²) in [6.07, 6.45) is 0. The lowest BCUT2D eigenvalue weighted by Crippen LogP contribution is -2.06. The van der Waals surface area contributed by atoms with Gasteiger partial charge in [0.15, 0.2) is 5.78 Å². The van der Waals surface area contributed by atoms with Crippen molar-refractivity contribution in [2.75, 3.05) is 5.88 Å². The average molecular weight is 234 g/mol. The maximum Gasteiger partial charge on any atom is 0.286 e. The minimum Gasteiger partial charge on any atom is -0.507 e. The Hall–Kier alpha value is -1.69. The van der Waals surface area contributed by atoms with E-state index in [1.165, 1.54) is 0 Å². The van der Waals surface area contributed by atoms with E-state index in [4.69, 9.17) is 11.6 Å². The molecule has 15 heavy (non-hydrogen) atoms. The number of ketones is 1. The van der Waals surface area contributed by atoms with Gasteiger partial charge >= 0.3 is 0 Å². The third-order valence-electron chi connectivity index (χ3n) is 1.66. The molecule has 0 aromatic heterocycles. The van der Waals surface area contributed by atoms with Gasteiger partial charge in [-0.05, 0) is 0 Å². The van der Waals surface area contributed by atoms with Gasteiger partial charge in [-0.25, -0.2) is 4.39 Å². The van der Waals surface area contributed by atoms with Crippen LogP contribution in [0.25, 0.3) is 0 Å². The van der Waals surface area contributed by atoms with Gasteiger partial charge in [-0.3, -0.25) is 14.9 Å². The first-order valence-corrected chi connectivity index (χ1v) is 4.27. The van der Waals surface area contributed by atoms with E-state index >= 15 is 0 Å². The molecule has 0 spiro atoms. The SMILES string of the molecule is O=C(CCl)c1c(O)cc(F)cc1[N+](=O)[O-]. The fraction of sp³-hybridized carbons (Fsp3) is 0.125. The van der Waals surface area contributed by atoms with Gasteiger partial charge in [0.25, 0.3) is 5.69 Å². The van der Waals surface area contributed by atoms with E-state index in [2.05, 4.69) is 0 Å². The monoisotopic (exact) mass is 233 g/mol. The second-order valence-electron chi connectivity index (χ2n) is 2.63. The molecule has 0 saturated carbocycles. The Labute approximate surface area is 88.2 Å². The number of benzene rings is 1. The molecule has 0 amide bonds. The Morgan fingerprint density at radius 2 is 2.20 bits per heavy atom. The van der Waals surface area contributed by atoms with Gasteiger partial charge in [0.2, 0.25) is 0 Å². The molecule has 0 fully saturated rings. The number of nitro groups is 1. The van der Waals surface area contributed by atoms with Crippen LogP contribution in [0.15, 0.2) is 12.1 Å². The molecule has 0 saturated heterocycles. The van der Waals surface area contributed by atoms with Gasteiger partial charge in [-0.2, -0.15) is 0 Å². The molecule has 7 heteroatoms. The van der Waals surface area contributed by atoms with Crippen molar-refractivity contribution in [2.24, 2.45) is 0 Å². The van der Waals surface area contributed by atoms with Crippen LogP contribution >= 0.6 is 11.6 Å². The van der Waals surface area contributed by atoms with Crippen LogP contribution in [0.4, 0.5) is 10.1 Å². The van der Waals surface area contributed by atoms with Crippen molar-refractivity contribution < 1.29 is 19.2 Å². The summed E-state index contributed by atoms with van der Waals surface area (Å²) in [5, 5.41) is 19.7. The summed E-state index contributed by atoms with van der Waals surface area (Å²) in [6, 6.07) is 1.17. The summed E-state index contributed by atoms with van der Waals surface area (Å²) in [4.78, 5) is 20.7. The summed E-state index contributed by atoms with van der Waals surface area (Å²) in [5.74, 6) is -3.14. The molecule has 80 valence electrons. The fourth-order valence-electron chi connectivity index (χ4n) is 1.07. The third-order valence-corrected chi connectivity index (χ3v) is 1.90. The molecule has 0 heterocycles. The third kappa shape index (κ3) is 2.21. The normalized spacial score (nSPS) is 10.0. The molecule has 1 aromatic carbocycles. The van der Waals surface area contributed by atoms with Crippen molar-refractivity contribution in [3.05, 3.63) is 33.6 Å². The van der Waals surface area contributed by atoms with Crippen molar-refractivity contribution in [2.45, 2.75) is 0 Å². The van der Waals surface area contributed by atoms with Gasteiger partial charge in [-0.15, -0.1) is 11.6 Å². The molecular weight excluding hydrogens is 229 g/mol. The number of hydrogen-bond donors (Lipinski definition) is 1. The van der Waals surface area contributed by atoms with Crippen LogP contribution in [0, 0.1) is 15.9 Å². The maximum atomic E-state index is 12.7. The lowest BCUT2D eigenvalue weighted by atomic mass is 10.1. The number of hydrogen-bond acceptors (Lipinski definition) is 4. The molecule has 0 aliphatic carbocycles. The smallest absolute Gasteiger partial charge is 0.286 e. The van der Waals surface area contributed by atoms with Crippen LogP contribution in [0.2, 0.25) is 0 Å². The zero-order chi connectivity index (χ0) is 11.6. The highest BCUT2D eigenvalue weighted by atomic mass is 35.5. The maximum absolute atomic E-state index is 12.7. The topological polar surface area (TPSA) is 80.4 Å². The number of carbonyl (C=O) groups is 1. The summed E-state index contributed by atoms with van der Waals surface area (Å²) in [6.45, 7) is 0. The number of rotatable bonds is 3. The first kappa shape index (κ1) is 11.4. The van der Waals surface area contributed by atoms with Gasteiger partial charge < -0.3 is 5.11 Å². The molecule has 0 aliphatic heterocycles. The first-order valence-electron chi connectivity index (χ1n) is 3.73. The zero-order valence-electron chi connectivity index (χ0n) is 7.24. The van der Waals surface area contributed by atoms with E-state index in [0.717, 1.165) is 0 Å². The first-order chi connectivity index (χ1) is 6.97. The van der Waals surface area contributed by atoms with Gasteiger partial charge in [-0.1, -0.05) is 0 Å². The minimum atomic E-state index is -0.995. The number of Topliss-reactive ketones (excluding diaryl/α,β-unsaturated/α-hetero) is 1. The minimum absolute atomic E-state index is 0.528. The number of nitrogens with zero attached hydrogens (tertiary/aromatic N) is 1. The zero-order valence-corrected chi connectivity index (χ0v) is 7.99. The van der Waals surface area contributed by atoms with Crippen LogP contribution < -0.4 is 0 Å². The number of carbonyl (C=O) groups excluding carboxylic acids is 1. The highest BCUT2D eigenvalue weighted by Gasteiger charge is 2.24. The molecule has 1 N–H and O–H groups in total. The van der Waals surface area contributed by atoms with Gasteiger partial charge in [0, 0.05) is 6.07 Å². The second kappa shape index (κ2) is 4.22. The molecular formula is C8H5ClFNO4. The standard InChI is InChI=1S/C8H5ClFNO4/c9-3-7(13)8-5(11(14)15)1-4(10)2-6(8)12/h1-2,12H,3H2. The highest BCUT2D eigenvalue weighted by Crippen LogP contribution is 2.29. The molecule has 0 unspecified atom stereocenters. The summed E-state index contributed by atoms with van der Waals surface area (Å²) in [5.41, 5.74) is -1.37. The van der Waals surface area contributed by atoms with Gasteiger partial charge in [0.05, 0.1) is 16.9 Å². The second-order valence-corrected chi connectivity index (χ2v) is 2.90. The summed E-state index contributed by atoms with van der Waals surface area (Å²) >= 11 is 5.20. The molecule has 0 atom stereocenters. The summed E-state index contributed by atoms with van der Waals surface area (Å²) in [7, 11) is 0. The Balaban J connectivity index is 3.46. The molecule has 1 rings (SSSR count). The molecule has 5 nitrogen and oxygen atoms in total. The average Bonchev–Trinajstić information content (AvgIpc) is 2.15. The van der Waals surface area contributed by atoms with E-state index in [-0.39, 0.29) is 0 Å². The Bertz CT molecular complexity index is 435.